The highest BCUT2D eigenvalue weighted by molar-refractivity contribution is 5.31. The van der Waals surface area contributed by atoms with Crippen LogP contribution < -0.4 is 5.73 Å². The van der Waals surface area contributed by atoms with Gasteiger partial charge < -0.3 is 5.73 Å². The second kappa shape index (κ2) is 7.38. The van der Waals surface area contributed by atoms with Gasteiger partial charge in [0, 0.05) is 24.3 Å². The molecule has 0 radical (unpaired) electrons. The Kier molecular flexibility index (Phi) is 5.53. The molecule has 0 saturated heterocycles. The van der Waals surface area contributed by atoms with E-state index in [0.29, 0.717) is 12.5 Å². The predicted molar refractivity (Wildman–Crippen MR) is 87.4 cm³/mol. The van der Waals surface area contributed by atoms with Crippen LogP contribution in [-0.4, -0.2) is 34.8 Å². The highest BCUT2D eigenvalue weighted by atomic mass is 15.3. The van der Waals surface area contributed by atoms with Gasteiger partial charge in [-0.1, -0.05) is 32.0 Å². The summed E-state index contributed by atoms with van der Waals surface area (Å²) in [5.41, 5.74) is 8.23. The predicted octanol–water partition coefficient (Wildman–Crippen LogP) is 2.85. The minimum absolute atomic E-state index is 0.223. The van der Waals surface area contributed by atoms with Crippen molar-refractivity contribution in [3.63, 3.8) is 0 Å². The molecule has 1 unspecified atom stereocenters. The van der Waals surface area contributed by atoms with Crippen molar-refractivity contribution in [1.29, 1.82) is 0 Å². The van der Waals surface area contributed by atoms with Gasteiger partial charge in [0.05, 0.1) is 11.9 Å². The molecule has 1 atom stereocenters. The Morgan fingerprint density at radius 3 is 2.57 bits per heavy atom. The van der Waals surface area contributed by atoms with Crippen molar-refractivity contribution in [2.45, 2.75) is 26.3 Å². The molecule has 1 aromatic carbocycles. The molecule has 1 aromatic heterocycles. The van der Waals surface area contributed by atoms with Crippen molar-refractivity contribution in [2.24, 2.45) is 11.7 Å². The highest BCUT2D eigenvalue weighted by Crippen LogP contribution is 2.20. The monoisotopic (exact) mass is 286 g/mol. The molecule has 0 aliphatic carbocycles. The van der Waals surface area contributed by atoms with Gasteiger partial charge in [-0.05, 0) is 38.1 Å². The first-order valence-electron chi connectivity index (χ1n) is 7.62. The summed E-state index contributed by atoms with van der Waals surface area (Å²) in [5.74, 6) is 0.706. The van der Waals surface area contributed by atoms with Crippen molar-refractivity contribution in [2.75, 3.05) is 20.1 Å². The number of benzene rings is 1. The molecule has 0 fully saturated rings. The summed E-state index contributed by atoms with van der Waals surface area (Å²) >= 11 is 0. The van der Waals surface area contributed by atoms with Crippen LogP contribution in [0, 0.1) is 5.92 Å². The van der Waals surface area contributed by atoms with Gasteiger partial charge in [-0.15, -0.1) is 0 Å². The van der Waals surface area contributed by atoms with Gasteiger partial charge in [-0.3, -0.25) is 4.90 Å². The molecule has 21 heavy (non-hydrogen) atoms. The number of nitrogens with zero attached hydrogens (tertiary/aromatic N) is 3. The van der Waals surface area contributed by atoms with E-state index in [1.165, 1.54) is 12.0 Å². The van der Waals surface area contributed by atoms with Crippen LogP contribution in [0.3, 0.4) is 0 Å². The van der Waals surface area contributed by atoms with Crippen molar-refractivity contribution < 1.29 is 0 Å². The molecule has 0 aliphatic heterocycles. The maximum Gasteiger partial charge on any atom is 0.0645 e. The van der Waals surface area contributed by atoms with Gasteiger partial charge in [0.25, 0.3) is 0 Å². The first-order chi connectivity index (χ1) is 10.1. The fourth-order valence-corrected chi connectivity index (χ4v) is 2.42. The number of hydrogen-bond acceptors (Lipinski definition) is 3. The molecule has 0 saturated carbocycles. The average molecular weight is 286 g/mol. The SMILES string of the molecule is CC(C)CCN(C)C(CN)c1cnn(-c2ccccc2)c1. The van der Waals surface area contributed by atoms with E-state index < -0.39 is 0 Å². The number of aromatic nitrogens is 2. The molecule has 2 N–H and O–H groups in total. The van der Waals surface area contributed by atoms with E-state index in [2.05, 4.69) is 49.2 Å². The Bertz CT molecular complexity index is 533. The highest BCUT2D eigenvalue weighted by Gasteiger charge is 2.17. The second-order valence-corrected chi connectivity index (χ2v) is 5.97. The summed E-state index contributed by atoms with van der Waals surface area (Å²) in [7, 11) is 2.14. The first kappa shape index (κ1) is 15.7. The van der Waals surface area contributed by atoms with Crippen LogP contribution in [0.25, 0.3) is 5.69 Å². The Morgan fingerprint density at radius 2 is 1.95 bits per heavy atom. The number of nitrogens with two attached hydrogens (primary N) is 1. The van der Waals surface area contributed by atoms with Gasteiger partial charge in [-0.25, -0.2) is 4.68 Å². The lowest BCUT2D eigenvalue weighted by Gasteiger charge is -2.26. The lowest BCUT2D eigenvalue weighted by molar-refractivity contribution is 0.236. The van der Waals surface area contributed by atoms with Crippen molar-refractivity contribution in [3.8, 4) is 5.69 Å². The summed E-state index contributed by atoms with van der Waals surface area (Å²) in [5, 5.41) is 4.47. The summed E-state index contributed by atoms with van der Waals surface area (Å²) in [6, 6.07) is 10.4. The Morgan fingerprint density at radius 1 is 1.24 bits per heavy atom. The molecule has 2 aromatic rings. The minimum atomic E-state index is 0.223. The molecular formula is C17H26N4. The molecule has 0 bridgehead atoms. The number of rotatable bonds is 7. The molecule has 1 heterocycles. The van der Waals surface area contributed by atoms with Crippen LogP contribution in [0.5, 0.6) is 0 Å². The Labute approximate surface area is 127 Å². The van der Waals surface area contributed by atoms with Crippen molar-refractivity contribution >= 4 is 0 Å². The minimum Gasteiger partial charge on any atom is -0.329 e. The number of hydrogen-bond donors (Lipinski definition) is 1. The summed E-state index contributed by atoms with van der Waals surface area (Å²) in [6.07, 6.45) is 5.19. The van der Waals surface area contributed by atoms with Crippen LogP contribution >= 0.6 is 0 Å². The third kappa shape index (κ3) is 4.16. The molecule has 4 heteroatoms. The van der Waals surface area contributed by atoms with Gasteiger partial charge >= 0.3 is 0 Å². The third-order valence-electron chi connectivity index (χ3n) is 3.82. The largest absolute Gasteiger partial charge is 0.329 e. The molecule has 0 aliphatic rings. The van der Waals surface area contributed by atoms with E-state index >= 15 is 0 Å². The van der Waals surface area contributed by atoms with E-state index in [9.17, 15) is 0 Å². The van der Waals surface area contributed by atoms with Gasteiger partial charge in [-0.2, -0.15) is 5.10 Å². The maximum absolute atomic E-state index is 5.98. The number of para-hydroxylation sites is 1. The van der Waals surface area contributed by atoms with Crippen molar-refractivity contribution in [1.82, 2.24) is 14.7 Å². The molecule has 4 nitrogen and oxygen atoms in total. The van der Waals surface area contributed by atoms with Crippen molar-refractivity contribution in [3.05, 3.63) is 48.3 Å². The third-order valence-corrected chi connectivity index (χ3v) is 3.82. The van der Waals surface area contributed by atoms with Gasteiger partial charge in [0.1, 0.15) is 0 Å². The summed E-state index contributed by atoms with van der Waals surface area (Å²) < 4.78 is 1.91. The summed E-state index contributed by atoms with van der Waals surface area (Å²) in [6.45, 7) is 6.16. The summed E-state index contributed by atoms with van der Waals surface area (Å²) in [4.78, 5) is 2.33. The maximum atomic E-state index is 5.98. The van der Waals surface area contributed by atoms with E-state index in [1.807, 2.05) is 29.1 Å². The molecule has 114 valence electrons. The average Bonchev–Trinajstić information content (AvgIpc) is 2.96. The first-order valence-corrected chi connectivity index (χ1v) is 7.62. The standard InChI is InChI=1S/C17H26N4/c1-14(2)9-10-20(3)17(11-18)15-12-19-21(13-15)16-7-5-4-6-8-16/h4-8,12-14,17H,9-11,18H2,1-3H3. The zero-order chi connectivity index (χ0) is 15.2. The topological polar surface area (TPSA) is 47.1 Å². The quantitative estimate of drug-likeness (QED) is 0.851. The van der Waals surface area contributed by atoms with Gasteiger partial charge in [0.2, 0.25) is 0 Å². The van der Waals surface area contributed by atoms with Crippen LogP contribution in [0.15, 0.2) is 42.7 Å². The van der Waals surface area contributed by atoms with E-state index in [0.717, 1.165) is 12.2 Å². The normalized spacial score (nSPS) is 13.0. The van der Waals surface area contributed by atoms with Crippen LogP contribution in [0.4, 0.5) is 0 Å². The Balaban J connectivity index is 2.11. The van der Waals surface area contributed by atoms with E-state index in [1.54, 1.807) is 0 Å². The molecule has 0 spiro atoms. The van der Waals surface area contributed by atoms with Crippen LogP contribution in [0.2, 0.25) is 0 Å². The molecule has 2 rings (SSSR count). The Hall–Kier alpha value is -1.65. The lowest BCUT2D eigenvalue weighted by atomic mass is 10.1. The smallest absolute Gasteiger partial charge is 0.0645 e. The second-order valence-electron chi connectivity index (χ2n) is 5.97. The van der Waals surface area contributed by atoms with E-state index in [4.69, 9.17) is 5.73 Å². The van der Waals surface area contributed by atoms with Gasteiger partial charge in [0.15, 0.2) is 0 Å². The van der Waals surface area contributed by atoms with E-state index in [-0.39, 0.29) is 6.04 Å². The van der Waals surface area contributed by atoms with Crippen LogP contribution in [0.1, 0.15) is 31.9 Å². The number of likely N-dealkylation sites (N-methyl/N-ethyl adjacent to an activating group) is 1. The zero-order valence-corrected chi connectivity index (χ0v) is 13.2. The zero-order valence-electron chi connectivity index (χ0n) is 13.2. The van der Waals surface area contributed by atoms with Crippen LogP contribution in [-0.2, 0) is 0 Å². The molecular weight excluding hydrogens is 260 g/mol. The fraction of sp³-hybridized carbons (Fsp3) is 0.471. The fourth-order valence-electron chi connectivity index (χ4n) is 2.42. The lowest BCUT2D eigenvalue weighted by Crippen LogP contribution is -2.31. The molecule has 0 amide bonds.